The van der Waals surface area contributed by atoms with Crippen LogP contribution in [0.2, 0.25) is 0 Å². The van der Waals surface area contributed by atoms with Crippen LogP contribution in [0.3, 0.4) is 0 Å². The van der Waals surface area contributed by atoms with Crippen molar-refractivity contribution in [2.45, 2.75) is 64.8 Å². The molecule has 1 fully saturated rings. The second kappa shape index (κ2) is 6.99. The van der Waals surface area contributed by atoms with Crippen molar-refractivity contribution in [3.63, 3.8) is 0 Å². The van der Waals surface area contributed by atoms with E-state index in [9.17, 15) is 9.59 Å². The molecule has 2 rings (SSSR count). The van der Waals surface area contributed by atoms with Crippen LogP contribution in [0.15, 0.2) is 16.5 Å². The summed E-state index contributed by atoms with van der Waals surface area (Å²) in [6, 6.07) is 3.52. The van der Waals surface area contributed by atoms with Crippen molar-refractivity contribution in [3.05, 3.63) is 23.7 Å². The Kier molecular flexibility index (Phi) is 5.27. The summed E-state index contributed by atoms with van der Waals surface area (Å²) in [6.07, 6.45) is 5.14. The van der Waals surface area contributed by atoms with Crippen LogP contribution < -0.4 is 5.32 Å². The number of rotatable bonds is 6. The van der Waals surface area contributed by atoms with Gasteiger partial charge in [0, 0.05) is 6.42 Å². The highest BCUT2D eigenvalue weighted by Gasteiger charge is 2.36. The number of furan rings is 1. The van der Waals surface area contributed by atoms with Gasteiger partial charge in [-0.1, -0.05) is 19.3 Å². The quantitative estimate of drug-likeness (QED) is 0.842. The second-order valence-electron chi connectivity index (χ2n) is 6.55. The number of carbonyl (C=O) groups is 2. The van der Waals surface area contributed by atoms with Gasteiger partial charge >= 0.3 is 5.97 Å². The highest BCUT2D eigenvalue weighted by molar-refractivity contribution is 5.78. The summed E-state index contributed by atoms with van der Waals surface area (Å²) in [5.41, 5.74) is -0.382. The molecule has 1 aliphatic rings. The van der Waals surface area contributed by atoms with Gasteiger partial charge in [0.25, 0.3) is 0 Å². The van der Waals surface area contributed by atoms with Crippen LogP contribution in [0.25, 0.3) is 0 Å². The maximum atomic E-state index is 12.3. The molecule has 1 unspecified atom stereocenters. The maximum Gasteiger partial charge on any atom is 0.303 e. The molecule has 0 aliphatic heterocycles. The number of hydrogen-bond donors (Lipinski definition) is 2. The largest absolute Gasteiger partial charge is 0.481 e. The zero-order valence-corrected chi connectivity index (χ0v) is 13.4. The molecule has 1 heterocycles. The average Bonchev–Trinajstić information content (AvgIpc) is 2.85. The van der Waals surface area contributed by atoms with E-state index in [0.29, 0.717) is 0 Å². The number of aryl methyl sites for hydroxylation is 1. The Hall–Kier alpha value is -1.78. The standard InChI is InChI=1S/C17H25NO4/c1-12-6-7-14(22-12)13(2)18-15(19)10-17(11-16(20)21)8-4-3-5-9-17/h6-7,13H,3-5,8-11H2,1-2H3,(H,18,19)(H,20,21). The van der Waals surface area contributed by atoms with Crippen molar-refractivity contribution >= 4 is 11.9 Å². The SMILES string of the molecule is Cc1ccc(C(C)NC(=O)CC2(CC(=O)O)CCCCC2)o1. The van der Waals surface area contributed by atoms with E-state index in [2.05, 4.69) is 5.32 Å². The number of carbonyl (C=O) groups excluding carboxylic acids is 1. The molecule has 0 spiro atoms. The molecule has 5 heteroatoms. The van der Waals surface area contributed by atoms with Crippen molar-refractivity contribution in [1.29, 1.82) is 0 Å². The van der Waals surface area contributed by atoms with Crippen LogP contribution in [0.4, 0.5) is 0 Å². The summed E-state index contributed by atoms with van der Waals surface area (Å²) in [4.78, 5) is 23.5. The van der Waals surface area contributed by atoms with Crippen LogP contribution in [0.5, 0.6) is 0 Å². The molecule has 1 amide bonds. The Bertz CT molecular complexity index is 529. The third kappa shape index (κ3) is 4.36. The monoisotopic (exact) mass is 307 g/mol. The fourth-order valence-electron chi connectivity index (χ4n) is 3.43. The molecule has 1 saturated carbocycles. The van der Waals surface area contributed by atoms with Crippen molar-refractivity contribution in [2.24, 2.45) is 5.41 Å². The predicted molar refractivity (Wildman–Crippen MR) is 82.4 cm³/mol. The Morgan fingerprint density at radius 3 is 2.50 bits per heavy atom. The average molecular weight is 307 g/mol. The van der Waals surface area contributed by atoms with Crippen LogP contribution in [0.1, 0.15) is 69.4 Å². The van der Waals surface area contributed by atoms with E-state index in [1.165, 1.54) is 0 Å². The van der Waals surface area contributed by atoms with Crippen molar-refractivity contribution in [1.82, 2.24) is 5.32 Å². The van der Waals surface area contributed by atoms with Gasteiger partial charge < -0.3 is 14.8 Å². The number of nitrogens with one attached hydrogen (secondary N) is 1. The number of aliphatic carboxylic acids is 1. The molecular formula is C17H25NO4. The van der Waals surface area contributed by atoms with Gasteiger partial charge in [0.05, 0.1) is 12.5 Å². The molecule has 122 valence electrons. The lowest BCUT2D eigenvalue weighted by Gasteiger charge is -2.35. The minimum Gasteiger partial charge on any atom is -0.481 e. The Morgan fingerprint density at radius 1 is 1.27 bits per heavy atom. The summed E-state index contributed by atoms with van der Waals surface area (Å²) in [6.45, 7) is 3.74. The number of carboxylic acid groups (broad SMARTS) is 1. The molecule has 22 heavy (non-hydrogen) atoms. The van der Waals surface area contributed by atoms with Crippen LogP contribution >= 0.6 is 0 Å². The van der Waals surface area contributed by atoms with Crippen molar-refractivity contribution in [2.75, 3.05) is 0 Å². The Morgan fingerprint density at radius 2 is 1.95 bits per heavy atom. The minimum atomic E-state index is -0.815. The van der Waals surface area contributed by atoms with E-state index in [1.54, 1.807) is 0 Å². The number of hydrogen-bond acceptors (Lipinski definition) is 3. The highest BCUT2D eigenvalue weighted by Crippen LogP contribution is 2.42. The Balaban J connectivity index is 1.97. The first-order chi connectivity index (χ1) is 10.4. The maximum absolute atomic E-state index is 12.3. The molecule has 1 aromatic rings. The first-order valence-electron chi connectivity index (χ1n) is 7.98. The predicted octanol–water partition coefficient (Wildman–Crippen LogP) is 3.58. The summed E-state index contributed by atoms with van der Waals surface area (Å²) in [5.74, 6) is 0.626. The van der Waals surface area contributed by atoms with Crippen LogP contribution in [-0.4, -0.2) is 17.0 Å². The summed E-state index contributed by atoms with van der Waals surface area (Å²) in [5, 5.41) is 12.1. The third-order valence-corrected chi connectivity index (χ3v) is 4.54. The van der Waals surface area contributed by atoms with Crippen LogP contribution in [-0.2, 0) is 9.59 Å². The van der Waals surface area contributed by atoms with Crippen molar-refractivity contribution < 1.29 is 19.1 Å². The summed E-state index contributed by atoms with van der Waals surface area (Å²) >= 11 is 0. The molecule has 1 aliphatic carbocycles. The van der Waals surface area contributed by atoms with E-state index < -0.39 is 5.97 Å². The highest BCUT2D eigenvalue weighted by atomic mass is 16.4. The van der Waals surface area contributed by atoms with E-state index in [0.717, 1.165) is 43.6 Å². The van der Waals surface area contributed by atoms with Crippen LogP contribution in [0, 0.1) is 12.3 Å². The zero-order valence-electron chi connectivity index (χ0n) is 13.4. The normalized spacial score (nSPS) is 18.6. The molecule has 0 aromatic carbocycles. The lowest BCUT2D eigenvalue weighted by Crippen LogP contribution is -2.36. The van der Waals surface area contributed by atoms with Gasteiger partial charge in [0.1, 0.15) is 11.5 Å². The molecule has 2 N–H and O–H groups in total. The third-order valence-electron chi connectivity index (χ3n) is 4.54. The van der Waals surface area contributed by atoms with Gasteiger partial charge in [-0.2, -0.15) is 0 Å². The van der Waals surface area contributed by atoms with E-state index in [-0.39, 0.29) is 30.2 Å². The van der Waals surface area contributed by atoms with E-state index >= 15 is 0 Å². The topological polar surface area (TPSA) is 79.5 Å². The number of carboxylic acids is 1. The zero-order chi connectivity index (χ0) is 16.2. The van der Waals surface area contributed by atoms with Gasteiger partial charge in [-0.25, -0.2) is 0 Å². The van der Waals surface area contributed by atoms with Gasteiger partial charge in [0.2, 0.25) is 5.91 Å². The smallest absolute Gasteiger partial charge is 0.303 e. The fraction of sp³-hybridized carbons (Fsp3) is 0.647. The molecular weight excluding hydrogens is 282 g/mol. The molecule has 0 bridgehead atoms. The minimum absolute atomic E-state index is 0.0780. The summed E-state index contributed by atoms with van der Waals surface area (Å²) < 4.78 is 5.52. The van der Waals surface area contributed by atoms with Crippen molar-refractivity contribution in [3.8, 4) is 0 Å². The molecule has 1 aromatic heterocycles. The first-order valence-corrected chi connectivity index (χ1v) is 7.98. The lowest BCUT2D eigenvalue weighted by molar-refractivity contribution is -0.141. The molecule has 5 nitrogen and oxygen atoms in total. The lowest BCUT2D eigenvalue weighted by atomic mass is 9.69. The molecule has 1 atom stereocenters. The van der Waals surface area contributed by atoms with E-state index in [1.807, 2.05) is 26.0 Å². The van der Waals surface area contributed by atoms with Gasteiger partial charge in [0.15, 0.2) is 0 Å². The molecule has 0 saturated heterocycles. The first kappa shape index (κ1) is 16.6. The van der Waals surface area contributed by atoms with Gasteiger partial charge in [-0.15, -0.1) is 0 Å². The Labute approximate surface area is 131 Å². The van der Waals surface area contributed by atoms with Gasteiger partial charge in [-0.05, 0) is 44.2 Å². The van der Waals surface area contributed by atoms with Gasteiger partial charge in [-0.3, -0.25) is 9.59 Å². The number of amides is 1. The summed E-state index contributed by atoms with van der Waals surface area (Å²) in [7, 11) is 0. The second-order valence-corrected chi connectivity index (χ2v) is 6.55. The molecule has 0 radical (unpaired) electrons. The fourth-order valence-corrected chi connectivity index (χ4v) is 3.43. The van der Waals surface area contributed by atoms with E-state index in [4.69, 9.17) is 9.52 Å².